The standard InChI is InChI=1S/C34H44N6O6/c1-22(2)30-33(45)36-23(3)31(43)38-27(20-25-14-9-6-10-15-25)34(46)40(4)21-29(42)35-19-11-16-26(32(44)39-30)37-28(41)18-17-24-12-7-5-8-13-24/h5-10,12-15,17-18,22-23,26-27,30H,11,16,19-21H2,1-4H3,(H,35,42)(H,36,45)(H,37,41)(H,38,43)(H,39,44)/b18-17+/t23-,26+,27+,30-/m1/s1. The lowest BCUT2D eigenvalue weighted by Crippen LogP contribution is -2.59. The first-order valence-corrected chi connectivity index (χ1v) is 15.4. The van der Waals surface area contributed by atoms with Gasteiger partial charge in [-0.2, -0.15) is 0 Å². The Kier molecular flexibility index (Phi) is 13.5. The highest BCUT2D eigenvalue weighted by atomic mass is 16.2. The Morgan fingerprint density at radius 1 is 0.913 bits per heavy atom. The molecule has 2 aromatic rings. The van der Waals surface area contributed by atoms with Gasteiger partial charge in [-0.1, -0.05) is 74.5 Å². The average molecular weight is 633 g/mol. The van der Waals surface area contributed by atoms with E-state index in [9.17, 15) is 28.8 Å². The maximum Gasteiger partial charge on any atom is 0.245 e. The quantitative estimate of drug-likeness (QED) is 0.297. The first-order valence-electron chi connectivity index (χ1n) is 15.4. The fraction of sp³-hybridized carbons (Fsp3) is 0.412. The van der Waals surface area contributed by atoms with Gasteiger partial charge in [-0.15, -0.1) is 0 Å². The lowest BCUT2D eigenvalue weighted by molar-refractivity contribution is -0.139. The van der Waals surface area contributed by atoms with Gasteiger partial charge >= 0.3 is 0 Å². The van der Waals surface area contributed by atoms with Gasteiger partial charge in [-0.05, 0) is 42.9 Å². The molecule has 12 heteroatoms. The topological polar surface area (TPSA) is 166 Å². The number of amides is 6. The van der Waals surface area contributed by atoms with E-state index in [-0.39, 0.29) is 31.8 Å². The van der Waals surface area contributed by atoms with E-state index < -0.39 is 59.6 Å². The third kappa shape index (κ3) is 11.2. The number of carbonyl (C=O) groups excluding carboxylic acids is 6. The molecule has 0 unspecified atom stereocenters. The van der Waals surface area contributed by atoms with Crippen molar-refractivity contribution < 1.29 is 28.8 Å². The molecule has 0 radical (unpaired) electrons. The Balaban J connectivity index is 1.81. The highest BCUT2D eigenvalue weighted by Crippen LogP contribution is 2.09. The number of rotatable bonds is 6. The molecule has 46 heavy (non-hydrogen) atoms. The second kappa shape index (κ2) is 17.5. The SMILES string of the molecule is CC(C)[C@H]1NC(=O)[C@@H](NC(=O)/C=C/c2ccccc2)CCCNC(=O)CN(C)C(=O)[C@H](Cc2ccccc2)NC(=O)[C@@H](C)NC1=O. The van der Waals surface area contributed by atoms with Gasteiger partial charge in [0.05, 0.1) is 6.54 Å². The summed E-state index contributed by atoms with van der Waals surface area (Å²) in [6.45, 7) is 4.90. The van der Waals surface area contributed by atoms with Crippen LogP contribution in [0.15, 0.2) is 66.7 Å². The van der Waals surface area contributed by atoms with E-state index >= 15 is 0 Å². The summed E-state index contributed by atoms with van der Waals surface area (Å²) in [5, 5.41) is 13.5. The first-order chi connectivity index (χ1) is 21.9. The summed E-state index contributed by atoms with van der Waals surface area (Å²) in [7, 11) is 1.47. The minimum absolute atomic E-state index is 0.163. The van der Waals surface area contributed by atoms with E-state index in [0.29, 0.717) is 6.42 Å². The second-order valence-electron chi connectivity index (χ2n) is 11.7. The van der Waals surface area contributed by atoms with Crippen LogP contribution in [0.4, 0.5) is 0 Å². The molecule has 0 bridgehead atoms. The molecular weight excluding hydrogens is 588 g/mol. The third-order valence-corrected chi connectivity index (χ3v) is 7.50. The monoisotopic (exact) mass is 632 g/mol. The van der Waals surface area contributed by atoms with E-state index in [4.69, 9.17) is 0 Å². The van der Waals surface area contributed by atoms with Crippen molar-refractivity contribution >= 4 is 41.5 Å². The van der Waals surface area contributed by atoms with Gasteiger partial charge < -0.3 is 31.5 Å². The summed E-state index contributed by atoms with van der Waals surface area (Å²) in [6, 6.07) is 14.2. The maximum atomic E-state index is 13.4. The molecule has 246 valence electrons. The molecule has 1 saturated heterocycles. The minimum Gasteiger partial charge on any atom is -0.355 e. The van der Waals surface area contributed by atoms with Crippen LogP contribution in [-0.4, -0.2) is 84.6 Å². The number of hydrogen-bond acceptors (Lipinski definition) is 6. The number of carbonyl (C=O) groups is 6. The van der Waals surface area contributed by atoms with Gasteiger partial charge in [0, 0.05) is 26.1 Å². The Morgan fingerprint density at radius 2 is 1.57 bits per heavy atom. The largest absolute Gasteiger partial charge is 0.355 e. The summed E-state index contributed by atoms with van der Waals surface area (Å²) >= 11 is 0. The molecule has 0 spiro atoms. The van der Waals surface area contributed by atoms with Crippen LogP contribution in [0.1, 0.15) is 44.7 Å². The van der Waals surface area contributed by atoms with Gasteiger partial charge in [0.1, 0.15) is 24.2 Å². The van der Waals surface area contributed by atoms with Crippen molar-refractivity contribution in [3.8, 4) is 0 Å². The number of likely N-dealkylation sites (N-methyl/N-ethyl adjacent to an activating group) is 1. The molecule has 0 aromatic heterocycles. The molecule has 5 N–H and O–H groups in total. The molecule has 0 saturated carbocycles. The zero-order valence-electron chi connectivity index (χ0n) is 26.7. The molecule has 6 amide bonds. The summed E-state index contributed by atoms with van der Waals surface area (Å²) in [5.74, 6) is -3.52. The van der Waals surface area contributed by atoms with Crippen LogP contribution in [0.3, 0.4) is 0 Å². The number of hydrogen-bond donors (Lipinski definition) is 5. The third-order valence-electron chi connectivity index (χ3n) is 7.50. The zero-order valence-corrected chi connectivity index (χ0v) is 26.7. The van der Waals surface area contributed by atoms with Crippen LogP contribution in [0.5, 0.6) is 0 Å². The summed E-state index contributed by atoms with van der Waals surface area (Å²) in [6.07, 6.45) is 3.60. The minimum atomic E-state index is -1.05. The van der Waals surface area contributed by atoms with Crippen molar-refractivity contribution in [2.24, 2.45) is 5.92 Å². The van der Waals surface area contributed by atoms with Crippen LogP contribution in [0.25, 0.3) is 6.08 Å². The first kappa shape index (κ1) is 35.5. The molecular formula is C34H44N6O6. The predicted molar refractivity (Wildman–Crippen MR) is 174 cm³/mol. The van der Waals surface area contributed by atoms with E-state index in [1.807, 2.05) is 60.7 Å². The van der Waals surface area contributed by atoms with Gasteiger partial charge in [-0.25, -0.2) is 0 Å². The molecule has 1 aliphatic heterocycles. The summed E-state index contributed by atoms with van der Waals surface area (Å²) < 4.78 is 0. The van der Waals surface area contributed by atoms with Gasteiger partial charge in [0.25, 0.3) is 0 Å². The number of nitrogens with one attached hydrogen (secondary N) is 5. The number of nitrogens with zero attached hydrogens (tertiary/aromatic N) is 1. The highest BCUT2D eigenvalue weighted by Gasteiger charge is 2.32. The van der Waals surface area contributed by atoms with Crippen molar-refractivity contribution in [2.45, 2.75) is 64.2 Å². The normalized spacial score (nSPS) is 22.7. The van der Waals surface area contributed by atoms with E-state index in [2.05, 4.69) is 26.6 Å². The smallest absolute Gasteiger partial charge is 0.245 e. The second-order valence-corrected chi connectivity index (χ2v) is 11.7. The van der Waals surface area contributed by atoms with Crippen molar-refractivity contribution in [3.63, 3.8) is 0 Å². The van der Waals surface area contributed by atoms with Gasteiger partial charge in [-0.3, -0.25) is 28.8 Å². The average Bonchev–Trinajstić information content (AvgIpc) is 3.03. The molecule has 2 aromatic carbocycles. The van der Waals surface area contributed by atoms with Crippen LogP contribution in [-0.2, 0) is 35.2 Å². The fourth-order valence-corrected chi connectivity index (χ4v) is 4.88. The van der Waals surface area contributed by atoms with Crippen LogP contribution >= 0.6 is 0 Å². The van der Waals surface area contributed by atoms with Gasteiger partial charge in [0.2, 0.25) is 35.4 Å². The van der Waals surface area contributed by atoms with Crippen molar-refractivity contribution in [2.75, 3.05) is 20.1 Å². The Labute approximate surface area is 269 Å². The molecule has 1 heterocycles. The molecule has 4 atom stereocenters. The number of benzene rings is 2. The summed E-state index contributed by atoms with van der Waals surface area (Å²) in [4.78, 5) is 80.2. The van der Waals surface area contributed by atoms with Crippen LogP contribution < -0.4 is 26.6 Å². The van der Waals surface area contributed by atoms with E-state index in [0.717, 1.165) is 11.1 Å². The predicted octanol–water partition coefficient (Wildman–Crippen LogP) is 0.926. The van der Waals surface area contributed by atoms with Crippen molar-refractivity contribution in [1.82, 2.24) is 31.5 Å². The van der Waals surface area contributed by atoms with Crippen molar-refractivity contribution in [1.29, 1.82) is 0 Å². The Morgan fingerprint density at radius 3 is 2.22 bits per heavy atom. The van der Waals surface area contributed by atoms with E-state index in [1.165, 1.54) is 24.9 Å². The zero-order chi connectivity index (χ0) is 33.6. The molecule has 12 nitrogen and oxygen atoms in total. The molecule has 1 fully saturated rings. The van der Waals surface area contributed by atoms with E-state index in [1.54, 1.807) is 19.9 Å². The molecule has 0 aliphatic carbocycles. The van der Waals surface area contributed by atoms with Crippen LogP contribution in [0.2, 0.25) is 0 Å². The lowest BCUT2D eigenvalue weighted by atomic mass is 10.0. The van der Waals surface area contributed by atoms with Crippen molar-refractivity contribution in [3.05, 3.63) is 77.9 Å². The van der Waals surface area contributed by atoms with Crippen LogP contribution in [0, 0.1) is 5.92 Å². The highest BCUT2D eigenvalue weighted by molar-refractivity contribution is 5.98. The maximum absolute atomic E-state index is 13.4. The summed E-state index contributed by atoms with van der Waals surface area (Å²) in [5.41, 5.74) is 1.61. The lowest BCUT2D eigenvalue weighted by Gasteiger charge is -2.28. The fourth-order valence-electron chi connectivity index (χ4n) is 4.88. The molecule has 3 rings (SSSR count). The Hall–Kier alpha value is -5.00. The Bertz CT molecular complexity index is 1400. The van der Waals surface area contributed by atoms with Gasteiger partial charge in [0.15, 0.2) is 0 Å². The molecule has 1 aliphatic rings.